The molecule has 16 heteroatoms. The molecular formula is C44H43N7O9. The van der Waals surface area contributed by atoms with Gasteiger partial charge in [0.25, 0.3) is 11.8 Å². The first-order valence-electron chi connectivity index (χ1n) is 19.7. The number of aromatic nitrogens is 2. The van der Waals surface area contributed by atoms with E-state index >= 15 is 0 Å². The molecule has 2 fully saturated rings. The molecule has 0 saturated carbocycles. The van der Waals surface area contributed by atoms with Gasteiger partial charge in [0.15, 0.2) is 0 Å². The number of hydrogen-bond acceptors (Lipinski definition) is 10. The molecule has 3 aliphatic heterocycles. The number of anilines is 2. The highest BCUT2D eigenvalue weighted by molar-refractivity contribution is 6.06. The van der Waals surface area contributed by atoms with Crippen LogP contribution in [0.3, 0.4) is 0 Å². The lowest BCUT2D eigenvalue weighted by molar-refractivity contribution is -0.136. The number of piperidine rings is 1. The van der Waals surface area contributed by atoms with Crippen molar-refractivity contribution in [3.8, 4) is 28.4 Å². The minimum atomic E-state index is -0.775. The van der Waals surface area contributed by atoms with E-state index in [4.69, 9.17) is 4.74 Å². The first-order valence-corrected chi connectivity index (χ1v) is 19.7. The lowest BCUT2D eigenvalue weighted by Gasteiger charge is -2.36. The molecule has 8 rings (SSSR count). The smallest absolute Gasteiger partial charge is 0.411 e. The molecule has 1 atom stereocenters. The molecule has 5 aromatic rings. The number of fused-ring (bicyclic) bond motifs is 1. The summed E-state index contributed by atoms with van der Waals surface area (Å²) in [7, 11) is 0. The van der Waals surface area contributed by atoms with E-state index in [1.165, 1.54) is 21.7 Å². The summed E-state index contributed by atoms with van der Waals surface area (Å²) in [6, 6.07) is 21.5. The van der Waals surface area contributed by atoms with Crippen LogP contribution in [-0.4, -0.2) is 91.5 Å². The van der Waals surface area contributed by atoms with Crippen LogP contribution in [0.25, 0.3) is 16.9 Å². The number of H-pyrrole nitrogens is 1. The number of aromatic hydroxyl groups is 2. The predicted molar refractivity (Wildman–Crippen MR) is 220 cm³/mol. The number of imide groups is 1. The summed E-state index contributed by atoms with van der Waals surface area (Å²) in [6.45, 7) is 6.07. The van der Waals surface area contributed by atoms with E-state index in [9.17, 15) is 39.0 Å². The SMILES string of the molecule is CC(C)c1cc(-c2c[nH]c(=O)n2-c2ccc(N3CCN(C(=O)c4ccc(COC(=O)Nc5cccc6c5CN(C5CCC(=O)NC5=O)C6=O)cc4)CC3)cc2)c(O)cc1O. The van der Waals surface area contributed by atoms with Crippen LogP contribution in [0.4, 0.5) is 16.2 Å². The van der Waals surface area contributed by atoms with E-state index < -0.39 is 18.0 Å². The number of carbonyl (C=O) groups excluding carboxylic acids is 5. The minimum Gasteiger partial charge on any atom is -0.508 e. The summed E-state index contributed by atoms with van der Waals surface area (Å²) in [4.78, 5) is 84.4. The van der Waals surface area contributed by atoms with Crippen LogP contribution in [0.1, 0.15) is 70.0 Å². The monoisotopic (exact) mass is 813 g/mol. The van der Waals surface area contributed by atoms with Gasteiger partial charge in [-0.3, -0.25) is 34.4 Å². The van der Waals surface area contributed by atoms with Crippen molar-refractivity contribution in [2.45, 2.75) is 51.8 Å². The maximum atomic E-state index is 13.4. The molecule has 0 bridgehead atoms. The first-order chi connectivity index (χ1) is 28.9. The molecule has 0 spiro atoms. The maximum absolute atomic E-state index is 13.4. The normalized spacial score (nSPS) is 16.6. The third-order valence-corrected chi connectivity index (χ3v) is 11.2. The number of nitrogens with one attached hydrogen (secondary N) is 3. The molecular weight excluding hydrogens is 771 g/mol. The molecule has 5 N–H and O–H groups in total. The Balaban J connectivity index is 0.836. The number of benzene rings is 4. The van der Waals surface area contributed by atoms with Crippen molar-refractivity contribution in [2.75, 3.05) is 36.4 Å². The summed E-state index contributed by atoms with van der Waals surface area (Å²) in [5.74, 6) is -1.51. The van der Waals surface area contributed by atoms with E-state index in [1.807, 2.05) is 38.1 Å². The Hall–Kier alpha value is -7.36. The lowest BCUT2D eigenvalue weighted by Crippen LogP contribution is -2.52. The van der Waals surface area contributed by atoms with Gasteiger partial charge in [-0.2, -0.15) is 0 Å². The highest BCUT2D eigenvalue weighted by Crippen LogP contribution is 2.38. The second-order valence-electron chi connectivity index (χ2n) is 15.3. The third-order valence-electron chi connectivity index (χ3n) is 11.2. The second-order valence-corrected chi connectivity index (χ2v) is 15.3. The van der Waals surface area contributed by atoms with Crippen molar-refractivity contribution in [3.05, 3.63) is 123 Å². The standard InChI is InChI=1S/C44H43N7O9/c1-25(2)31-20-32(38(53)21-37(31)52)36-22-45-43(58)51(36)29-12-10-28(11-13-29)48-16-18-49(19-17-48)41(56)27-8-6-26(7-9-27)24-60-44(59)46-34-5-3-4-30-33(34)23-50(42(30)57)35-14-15-39(54)47-40(35)55/h3-13,20-22,25,35,52-53H,14-19,23-24H2,1-2H3,(H,45,58)(H,46,59)(H,47,54,55). The van der Waals surface area contributed by atoms with Crippen LogP contribution >= 0.6 is 0 Å². The molecule has 60 heavy (non-hydrogen) atoms. The Morgan fingerprint density at radius 2 is 1.58 bits per heavy atom. The number of imidazole rings is 1. The second kappa shape index (κ2) is 16.1. The van der Waals surface area contributed by atoms with Crippen molar-refractivity contribution in [2.24, 2.45) is 0 Å². The van der Waals surface area contributed by atoms with Gasteiger partial charge in [-0.05, 0) is 78.1 Å². The van der Waals surface area contributed by atoms with Gasteiger partial charge in [0.1, 0.15) is 24.1 Å². The lowest BCUT2D eigenvalue weighted by atomic mass is 9.97. The first kappa shape index (κ1) is 39.5. The molecule has 0 aliphatic carbocycles. The fraction of sp³-hybridized carbons (Fsp3) is 0.273. The average molecular weight is 814 g/mol. The number of carbonyl (C=O) groups is 5. The van der Waals surface area contributed by atoms with Crippen molar-refractivity contribution in [3.63, 3.8) is 0 Å². The van der Waals surface area contributed by atoms with Gasteiger partial charge in [0.2, 0.25) is 11.8 Å². The minimum absolute atomic E-state index is 0.00291. The number of aromatic amines is 1. The Bertz CT molecular complexity index is 2570. The maximum Gasteiger partial charge on any atom is 0.411 e. The zero-order chi connectivity index (χ0) is 42.2. The number of phenols is 2. The van der Waals surface area contributed by atoms with E-state index in [2.05, 4.69) is 20.5 Å². The van der Waals surface area contributed by atoms with Gasteiger partial charge >= 0.3 is 11.8 Å². The van der Waals surface area contributed by atoms with Gasteiger partial charge in [0, 0.05) is 85.0 Å². The third kappa shape index (κ3) is 7.66. The van der Waals surface area contributed by atoms with Gasteiger partial charge in [-0.1, -0.05) is 32.0 Å². The zero-order valence-electron chi connectivity index (χ0n) is 32.9. The van der Waals surface area contributed by atoms with E-state index in [0.29, 0.717) is 76.6 Å². The Morgan fingerprint density at radius 3 is 2.28 bits per heavy atom. The van der Waals surface area contributed by atoms with Crippen molar-refractivity contribution < 1.29 is 38.9 Å². The van der Waals surface area contributed by atoms with E-state index in [0.717, 1.165) is 5.69 Å². The van der Waals surface area contributed by atoms with Gasteiger partial charge in [-0.25, -0.2) is 9.59 Å². The fourth-order valence-electron chi connectivity index (χ4n) is 7.99. The van der Waals surface area contributed by atoms with Crippen molar-refractivity contribution >= 4 is 41.1 Å². The Labute approximate surface area is 344 Å². The molecule has 16 nitrogen and oxygen atoms in total. The highest BCUT2D eigenvalue weighted by Gasteiger charge is 2.40. The molecule has 2 saturated heterocycles. The predicted octanol–water partition coefficient (Wildman–Crippen LogP) is 4.84. The molecule has 308 valence electrons. The highest BCUT2D eigenvalue weighted by atomic mass is 16.5. The molecule has 4 heterocycles. The van der Waals surface area contributed by atoms with Crippen molar-refractivity contribution in [1.29, 1.82) is 0 Å². The van der Waals surface area contributed by atoms with E-state index in [-0.39, 0.29) is 66.8 Å². The van der Waals surface area contributed by atoms with Crippen LogP contribution in [0.5, 0.6) is 11.5 Å². The zero-order valence-corrected chi connectivity index (χ0v) is 32.9. The summed E-state index contributed by atoms with van der Waals surface area (Å²) in [5.41, 5.74) is 5.15. The number of hydrogen-bond donors (Lipinski definition) is 5. The van der Waals surface area contributed by atoms with Crippen LogP contribution in [0.15, 0.2) is 89.9 Å². The molecule has 5 amide bonds. The molecule has 1 unspecified atom stereocenters. The topological polar surface area (TPSA) is 207 Å². The summed E-state index contributed by atoms with van der Waals surface area (Å²) in [5, 5.41) is 26.0. The van der Waals surface area contributed by atoms with Crippen LogP contribution in [-0.2, 0) is 27.5 Å². The fourth-order valence-corrected chi connectivity index (χ4v) is 7.99. The number of ether oxygens (including phenoxy) is 1. The Morgan fingerprint density at radius 1 is 0.867 bits per heavy atom. The number of rotatable bonds is 9. The summed E-state index contributed by atoms with van der Waals surface area (Å²) < 4.78 is 6.93. The Kier molecular flexibility index (Phi) is 10.6. The van der Waals surface area contributed by atoms with Crippen LogP contribution in [0, 0.1) is 0 Å². The summed E-state index contributed by atoms with van der Waals surface area (Å²) >= 11 is 0. The number of nitrogens with zero attached hydrogens (tertiary/aromatic N) is 4. The van der Waals surface area contributed by atoms with Crippen LogP contribution in [0.2, 0.25) is 0 Å². The molecule has 1 aromatic heterocycles. The van der Waals surface area contributed by atoms with E-state index in [1.54, 1.807) is 53.4 Å². The van der Waals surface area contributed by atoms with Crippen molar-refractivity contribution in [1.82, 2.24) is 24.7 Å². The van der Waals surface area contributed by atoms with Gasteiger partial charge in [-0.15, -0.1) is 0 Å². The largest absolute Gasteiger partial charge is 0.508 e. The molecule has 3 aliphatic rings. The van der Waals surface area contributed by atoms with Gasteiger partial charge < -0.3 is 34.6 Å². The summed E-state index contributed by atoms with van der Waals surface area (Å²) in [6.07, 6.45) is 1.17. The average Bonchev–Trinajstić information content (AvgIpc) is 3.79. The van der Waals surface area contributed by atoms with Gasteiger partial charge in [0.05, 0.1) is 11.4 Å². The van der Waals surface area contributed by atoms with Crippen LogP contribution < -0.4 is 21.2 Å². The number of amides is 5. The molecule has 0 radical (unpaired) electrons. The molecule has 4 aromatic carbocycles. The number of phenolic OH excluding ortho intramolecular Hbond substituents is 2. The quantitative estimate of drug-likeness (QED) is 0.128. The number of piperazine rings is 1.